The Morgan fingerprint density at radius 3 is 2.65 bits per heavy atom. The van der Waals surface area contributed by atoms with Crippen molar-refractivity contribution < 1.29 is 9.59 Å². The maximum absolute atomic E-state index is 12.2. The molecule has 0 saturated carbocycles. The van der Waals surface area contributed by atoms with Gasteiger partial charge in [0, 0.05) is 29.7 Å². The monoisotopic (exact) mass is 292 g/mol. The maximum atomic E-state index is 12.2. The van der Waals surface area contributed by atoms with Crippen LogP contribution >= 0.6 is 11.8 Å². The summed E-state index contributed by atoms with van der Waals surface area (Å²) in [6, 6.07) is 9.67. The summed E-state index contributed by atoms with van der Waals surface area (Å²) in [6.45, 7) is 4.34. The van der Waals surface area contributed by atoms with Crippen molar-refractivity contribution >= 4 is 23.6 Å². The second-order valence-corrected chi connectivity index (χ2v) is 6.20. The van der Waals surface area contributed by atoms with Crippen LogP contribution in [0.2, 0.25) is 0 Å². The van der Waals surface area contributed by atoms with Crippen LogP contribution < -0.4 is 5.32 Å². The van der Waals surface area contributed by atoms with Crippen LogP contribution in [-0.2, 0) is 9.59 Å². The molecule has 0 radical (unpaired) electrons. The van der Waals surface area contributed by atoms with Gasteiger partial charge in [-0.3, -0.25) is 9.59 Å². The van der Waals surface area contributed by atoms with E-state index in [9.17, 15) is 9.59 Å². The van der Waals surface area contributed by atoms with E-state index in [4.69, 9.17) is 0 Å². The number of nitrogens with one attached hydrogen (secondary N) is 1. The van der Waals surface area contributed by atoms with Crippen molar-refractivity contribution in [2.24, 2.45) is 0 Å². The molecule has 0 aliphatic carbocycles. The predicted molar refractivity (Wildman–Crippen MR) is 80.6 cm³/mol. The van der Waals surface area contributed by atoms with E-state index in [0.717, 1.165) is 5.75 Å². The SMILES string of the molecule is CC1NC(=O)CC(C)N(CCSc2ccccc2)C1=O. The summed E-state index contributed by atoms with van der Waals surface area (Å²) >= 11 is 1.73. The van der Waals surface area contributed by atoms with Gasteiger partial charge in [0.15, 0.2) is 0 Å². The first kappa shape index (κ1) is 14.9. The van der Waals surface area contributed by atoms with E-state index in [1.54, 1.807) is 18.7 Å². The Morgan fingerprint density at radius 2 is 1.95 bits per heavy atom. The molecule has 5 heteroatoms. The summed E-state index contributed by atoms with van der Waals surface area (Å²) < 4.78 is 0. The molecule has 0 aromatic heterocycles. The first-order chi connectivity index (χ1) is 9.58. The third-order valence-corrected chi connectivity index (χ3v) is 4.38. The zero-order chi connectivity index (χ0) is 14.5. The van der Waals surface area contributed by atoms with Gasteiger partial charge in [0.2, 0.25) is 11.8 Å². The number of hydrogen-bond acceptors (Lipinski definition) is 3. The van der Waals surface area contributed by atoms with Crippen molar-refractivity contribution in [1.82, 2.24) is 10.2 Å². The average Bonchev–Trinajstić information content (AvgIpc) is 2.51. The summed E-state index contributed by atoms with van der Waals surface area (Å²) in [5.41, 5.74) is 0. The van der Waals surface area contributed by atoms with E-state index >= 15 is 0 Å². The molecule has 1 saturated heterocycles. The van der Waals surface area contributed by atoms with E-state index in [2.05, 4.69) is 17.4 Å². The van der Waals surface area contributed by atoms with Gasteiger partial charge >= 0.3 is 0 Å². The van der Waals surface area contributed by atoms with Gasteiger partial charge in [-0.1, -0.05) is 18.2 Å². The van der Waals surface area contributed by atoms with Crippen LogP contribution in [0.1, 0.15) is 20.3 Å². The Balaban J connectivity index is 1.92. The molecule has 0 spiro atoms. The van der Waals surface area contributed by atoms with Gasteiger partial charge < -0.3 is 10.2 Å². The van der Waals surface area contributed by atoms with E-state index in [1.165, 1.54) is 4.90 Å². The van der Waals surface area contributed by atoms with Gasteiger partial charge in [0.05, 0.1) is 0 Å². The highest BCUT2D eigenvalue weighted by Crippen LogP contribution is 2.19. The lowest BCUT2D eigenvalue weighted by Crippen LogP contribution is -2.45. The summed E-state index contributed by atoms with van der Waals surface area (Å²) in [4.78, 5) is 26.9. The molecule has 1 aliphatic heterocycles. The number of nitrogens with zero attached hydrogens (tertiary/aromatic N) is 1. The fourth-order valence-corrected chi connectivity index (χ4v) is 3.19. The van der Waals surface area contributed by atoms with Gasteiger partial charge in [0.25, 0.3) is 0 Å². The Hall–Kier alpha value is -1.49. The van der Waals surface area contributed by atoms with Crippen LogP contribution in [0, 0.1) is 0 Å². The van der Waals surface area contributed by atoms with E-state index in [-0.39, 0.29) is 17.9 Å². The lowest BCUT2D eigenvalue weighted by Gasteiger charge is -2.27. The van der Waals surface area contributed by atoms with Gasteiger partial charge in [-0.2, -0.15) is 0 Å². The lowest BCUT2D eigenvalue weighted by atomic mass is 10.2. The largest absolute Gasteiger partial charge is 0.345 e. The Kier molecular flexibility index (Phi) is 5.06. The highest BCUT2D eigenvalue weighted by molar-refractivity contribution is 7.99. The maximum Gasteiger partial charge on any atom is 0.245 e. The second-order valence-electron chi connectivity index (χ2n) is 5.04. The quantitative estimate of drug-likeness (QED) is 0.862. The zero-order valence-electron chi connectivity index (χ0n) is 11.8. The summed E-state index contributed by atoms with van der Waals surface area (Å²) in [7, 11) is 0. The number of hydrogen-bond donors (Lipinski definition) is 1. The van der Waals surface area contributed by atoms with Crippen molar-refractivity contribution in [3.63, 3.8) is 0 Å². The van der Waals surface area contributed by atoms with E-state index in [1.807, 2.05) is 30.0 Å². The molecule has 1 heterocycles. The second kappa shape index (κ2) is 6.79. The van der Waals surface area contributed by atoms with Crippen LogP contribution in [0.5, 0.6) is 0 Å². The van der Waals surface area contributed by atoms with Crippen molar-refractivity contribution in [2.45, 2.75) is 37.2 Å². The van der Waals surface area contributed by atoms with Crippen molar-refractivity contribution in [3.05, 3.63) is 30.3 Å². The molecule has 0 bridgehead atoms. The third kappa shape index (κ3) is 3.76. The minimum atomic E-state index is -0.422. The van der Waals surface area contributed by atoms with Gasteiger partial charge in [0.1, 0.15) is 6.04 Å². The average molecular weight is 292 g/mol. The van der Waals surface area contributed by atoms with Gasteiger partial charge in [-0.15, -0.1) is 11.8 Å². The molecule has 2 amide bonds. The molecule has 108 valence electrons. The number of amides is 2. The first-order valence-electron chi connectivity index (χ1n) is 6.85. The molecule has 4 nitrogen and oxygen atoms in total. The van der Waals surface area contributed by atoms with Crippen LogP contribution in [0.4, 0.5) is 0 Å². The van der Waals surface area contributed by atoms with Crippen LogP contribution in [0.25, 0.3) is 0 Å². The van der Waals surface area contributed by atoms with Crippen molar-refractivity contribution in [1.29, 1.82) is 0 Å². The van der Waals surface area contributed by atoms with E-state index in [0.29, 0.717) is 13.0 Å². The molecule has 1 aromatic rings. The molecule has 1 aliphatic rings. The molecule has 2 atom stereocenters. The Bertz CT molecular complexity index is 478. The third-order valence-electron chi connectivity index (χ3n) is 3.39. The van der Waals surface area contributed by atoms with Crippen LogP contribution in [-0.4, -0.2) is 41.1 Å². The van der Waals surface area contributed by atoms with Crippen LogP contribution in [0.15, 0.2) is 35.2 Å². The molecule has 2 unspecified atom stereocenters. The standard InChI is InChI=1S/C15H20N2O2S/c1-11-10-14(18)16-12(2)15(19)17(11)8-9-20-13-6-4-3-5-7-13/h3-7,11-12H,8-10H2,1-2H3,(H,16,18). The Morgan fingerprint density at radius 1 is 1.25 bits per heavy atom. The number of benzene rings is 1. The van der Waals surface area contributed by atoms with E-state index < -0.39 is 6.04 Å². The van der Waals surface area contributed by atoms with Gasteiger partial charge in [-0.25, -0.2) is 0 Å². The van der Waals surface area contributed by atoms with Crippen molar-refractivity contribution in [3.8, 4) is 0 Å². The molecule has 1 aromatic carbocycles. The zero-order valence-corrected chi connectivity index (χ0v) is 12.7. The Labute approximate surface area is 123 Å². The summed E-state index contributed by atoms with van der Waals surface area (Å²) in [5, 5.41) is 2.72. The molecule has 20 heavy (non-hydrogen) atoms. The number of carbonyl (C=O) groups excluding carboxylic acids is 2. The summed E-state index contributed by atoms with van der Waals surface area (Å²) in [5.74, 6) is 0.801. The number of thioether (sulfide) groups is 1. The summed E-state index contributed by atoms with van der Waals surface area (Å²) in [6.07, 6.45) is 0.381. The van der Waals surface area contributed by atoms with Crippen LogP contribution in [0.3, 0.4) is 0 Å². The smallest absolute Gasteiger partial charge is 0.245 e. The number of rotatable bonds is 4. The highest BCUT2D eigenvalue weighted by atomic mass is 32.2. The first-order valence-corrected chi connectivity index (χ1v) is 7.84. The highest BCUT2D eigenvalue weighted by Gasteiger charge is 2.30. The normalized spacial score (nSPS) is 23.4. The van der Waals surface area contributed by atoms with Gasteiger partial charge in [-0.05, 0) is 26.0 Å². The minimum absolute atomic E-state index is 0.0111. The fourth-order valence-electron chi connectivity index (χ4n) is 2.32. The fraction of sp³-hybridized carbons (Fsp3) is 0.467. The molecule has 2 rings (SSSR count). The minimum Gasteiger partial charge on any atom is -0.345 e. The number of carbonyl (C=O) groups is 2. The van der Waals surface area contributed by atoms with Crippen molar-refractivity contribution in [2.75, 3.05) is 12.3 Å². The molecule has 1 fully saturated rings. The topological polar surface area (TPSA) is 49.4 Å². The molecular formula is C15H20N2O2S. The predicted octanol–water partition coefficient (Wildman–Crippen LogP) is 1.90. The molecule has 1 N–H and O–H groups in total. The lowest BCUT2D eigenvalue weighted by molar-refractivity contribution is -0.134. The molecular weight excluding hydrogens is 272 g/mol.